The number of benzene rings is 2. The van der Waals surface area contributed by atoms with Crippen molar-refractivity contribution >= 4 is 27.4 Å². The standard InChI is InChI=1S/C28H30N4OS/c1-19-10-12-20(13-11-19)26(21-6-2-4-8-23(21)33)31-14-16-32(17-15-31)27-25-22-7-3-5-9-24(22)34-28(25)30-18-29-27/h2,4,6,8,10-13,18,26,33H,3,5,7,9,14-17H2,1H3. The summed E-state index contributed by atoms with van der Waals surface area (Å²) >= 11 is 1.86. The number of phenolic OH excluding ortho intramolecular Hbond substituents is 1. The molecule has 0 spiro atoms. The number of nitrogens with zero attached hydrogens (tertiary/aromatic N) is 4. The second-order valence-electron chi connectivity index (χ2n) is 9.48. The average molecular weight is 471 g/mol. The smallest absolute Gasteiger partial charge is 0.141 e. The molecule has 34 heavy (non-hydrogen) atoms. The van der Waals surface area contributed by atoms with E-state index in [-0.39, 0.29) is 6.04 Å². The fourth-order valence-corrected chi connectivity index (χ4v) is 6.78. The Kier molecular flexibility index (Phi) is 5.71. The predicted molar refractivity (Wildman–Crippen MR) is 139 cm³/mol. The molecule has 0 saturated carbocycles. The highest BCUT2D eigenvalue weighted by Crippen LogP contribution is 2.40. The van der Waals surface area contributed by atoms with E-state index in [9.17, 15) is 5.11 Å². The van der Waals surface area contributed by atoms with Gasteiger partial charge in [0.2, 0.25) is 0 Å². The number of thiophene rings is 1. The number of phenols is 1. The average Bonchev–Trinajstić information content (AvgIpc) is 3.26. The topological polar surface area (TPSA) is 52.5 Å². The molecule has 1 aliphatic heterocycles. The molecule has 174 valence electrons. The lowest BCUT2D eigenvalue weighted by molar-refractivity contribution is 0.209. The van der Waals surface area contributed by atoms with E-state index in [1.165, 1.54) is 46.2 Å². The normalized spacial score (nSPS) is 17.6. The molecule has 6 heteroatoms. The van der Waals surface area contributed by atoms with Crippen molar-refractivity contribution in [3.05, 3.63) is 82.0 Å². The summed E-state index contributed by atoms with van der Waals surface area (Å²) in [5.41, 5.74) is 4.93. The number of aryl methyl sites for hydroxylation is 3. The molecule has 4 aromatic rings. The summed E-state index contributed by atoms with van der Waals surface area (Å²) in [5.74, 6) is 1.47. The molecular weight excluding hydrogens is 440 g/mol. The predicted octanol–water partition coefficient (Wildman–Crippen LogP) is 5.50. The maximum Gasteiger partial charge on any atom is 0.141 e. The molecule has 6 rings (SSSR count). The van der Waals surface area contributed by atoms with Gasteiger partial charge >= 0.3 is 0 Å². The van der Waals surface area contributed by atoms with Crippen LogP contribution in [0.3, 0.4) is 0 Å². The molecule has 1 atom stereocenters. The van der Waals surface area contributed by atoms with Crippen molar-refractivity contribution < 1.29 is 5.11 Å². The number of anilines is 1. The monoisotopic (exact) mass is 470 g/mol. The summed E-state index contributed by atoms with van der Waals surface area (Å²) in [6.07, 6.45) is 6.62. The fourth-order valence-electron chi connectivity index (χ4n) is 5.56. The molecule has 2 aliphatic rings. The van der Waals surface area contributed by atoms with Crippen LogP contribution in [-0.4, -0.2) is 46.2 Å². The Labute approximate surface area is 204 Å². The third-order valence-electron chi connectivity index (χ3n) is 7.33. The number of piperazine rings is 1. The largest absolute Gasteiger partial charge is 0.508 e. The maximum atomic E-state index is 10.7. The van der Waals surface area contributed by atoms with Crippen molar-refractivity contribution in [1.82, 2.24) is 14.9 Å². The first-order chi connectivity index (χ1) is 16.7. The zero-order chi connectivity index (χ0) is 23.1. The molecule has 1 unspecified atom stereocenters. The van der Waals surface area contributed by atoms with Crippen molar-refractivity contribution in [2.75, 3.05) is 31.1 Å². The first-order valence-corrected chi connectivity index (χ1v) is 13.1. The van der Waals surface area contributed by atoms with Gasteiger partial charge in [0.25, 0.3) is 0 Å². The van der Waals surface area contributed by atoms with Crippen LogP contribution in [0.25, 0.3) is 10.2 Å². The second-order valence-corrected chi connectivity index (χ2v) is 10.6. The van der Waals surface area contributed by atoms with Crippen molar-refractivity contribution in [2.24, 2.45) is 0 Å². The van der Waals surface area contributed by atoms with Gasteiger partial charge in [-0.05, 0) is 49.8 Å². The lowest BCUT2D eigenvalue weighted by Gasteiger charge is -2.40. The van der Waals surface area contributed by atoms with Crippen LogP contribution < -0.4 is 4.90 Å². The van der Waals surface area contributed by atoms with E-state index < -0.39 is 0 Å². The number of fused-ring (bicyclic) bond motifs is 3. The van der Waals surface area contributed by atoms with Crippen molar-refractivity contribution in [3.63, 3.8) is 0 Å². The van der Waals surface area contributed by atoms with Gasteiger partial charge in [-0.2, -0.15) is 0 Å². The van der Waals surface area contributed by atoms with Crippen molar-refractivity contribution in [3.8, 4) is 5.75 Å². The molecule has 3 heterocycles. The van der Waals surface area contributed by atoms with E-state index in [0.29, 0.717) is 5.75 Å². The van der Waals surface area contributed by atoms with E-state index in [1.807, 2.05) is 23.5 Å². The Morgan fingerprint density at radius 1 is 0.912 bits per heavy atom. The second kappa shape index (κ2) is 9.01. The first-order valence-electron chi connectivity index (χ1n) is 12.3. The zero-order valence-corrected chi connectivity index (χ0v) is 20.4. The molecule has 1 N–H and O–H groups in total. The molecule has 5 nitrogen and oxygen atoms in total. The minimum Gasteiger partial charge on any atom is -0.508 e. The van der Waals surface area contributed by atoms with E-state index >= 15 is 0 Å². The molecule has 1 saturated heterocycles. The molecule has 0 amide bonds. The Morgan fingerprint density at radius 2 is 1.68 bits per heavy atom. The number of hydrogen-bond donors (Lipinski definition) is 1. The van der Waals surface area contributed by atoms with Gasteiger partial charge in [0.1, 0.15) is 22.7 Å². The van der Waals surface area contributed by atoms with E-state index in [2.05, 4.69) is 52.0 Å². The number of para-hydroxylation sites is 1. The zero-order valence-electron chi connectivity index (χ0n) is 19.6. The molecular formula is C28H30N4OS. The van der Waals surface area contributed by atoms with Gasteiger partial charge in [-0.3, -0.25) is 4.90 Å². The quantitative estimate of drug-likeness (QED) is 0.427. The summed E-state index contributed by atoms with van der Waals surface area (Å²) in [5, 5.41) is 12.0. The summed E-state index contributed by atoms with van der Waals surface area (Å²) in [6, 6.07) is 16.5. The Balaban J connectivity index is 1.30. The van der Waals surface area contributed by atoms with E-state index in [0.717, 1.165) is 48.8 Å². The van der Waals surface area contributed by atoms with Gasteiger partial charge in [-0.25, -0.2) is 9.97 Å². The number of hydrogen-bond acceptors (Lipinski definition) is 6. The van der Waals surface area contributed by atoms with Crippen LogP contribution in [0.2, 0.25) is 0 Å². The summed E-state index contributed by atoms with van der Waals surface area (Å²) < 4.78 is 0. The number of aromatic hydroxyl groups is 1. The molecule has 0 radical (unpaired) electrons. The van der Waals surface area contributed by atoms with Crippen molar-refractivity contribution in [1.29, 1.82) is 0 Å². The van der Waals surface area contributed by atoms with Gasteiger partial charge in [0, 0.05) is 36.6 Å². The van der Waals surface area contributed by atoms with Gasteiger partial charge < -0.3 is 10.0 Å². The van der Waals surface area contributed by atoms with Crippen LogP contribution in [0, 0.1) is 6.92 Å². The SMILES string of the molecule is Cc1ccc(C(c2ccccc2O)N2CCN(c3ncnc4sc5c(c34)CCCC5)CC2)cc1. The minimum atomic E-state index is 0.0308. The van der Waals surface area contributed by atoms with Crippen LogP contribution in [-0.2, 0) is 12.8 Å². The van der Waals surface area contributed by atoms with Crippen LogP contribution in [0.5, 0.6) is 5.75 Å². The van der Waals surface area contributed by atoms with Crippen LogP contribution in [0.4, 0.5) is 5.82 Å². The molecule has 1 fully saturated rings. The van der Waals surface area contributed by atoms with Crippen LogP contribution >= 0.6 is 11.3 Å². The number of rotatable bonds is 4. The maximum absolute atomic E-state index is 10.7. The lowest BCUT2D eigenvalue weighted by Crippen LogP contribution is -2.48. The minimum absolute atomic E-state index is 0.0308. The highest BCUT2D eigenvalue weighted by Gasteiger charge is 2.30. The van der Waals surface area contributed by atoms with Gasteiger partial charge in [0.05, 0.1) is 11.4 Å². The Hall–Kier alpha value is -2.96. The highest BCUT2D eigenvalue weighted by atomic mass is 32.1. The van der Waals surface area contributed by atoms with E-state index in [4.69, 9.17) is 4.98 Å². The van der Waals surface area contributed by atoms with E-state index in [1.54, 1.807) is 12.4 Å². The Morgan fingerprint density at radius 3 is 2.47 bits per heavy atom. The molecule has 0 bridgehead atoms. The summed E-state index contributed by atoms with van der Waals surface area (Å²) in [6.45, 7) is 5.75. The summed E-state index contributed by atoms with van der Waals surface area (Å²) in [7, 11) is 0. The third kappa shape index (κ3) is 3.85. The van der Waals surface area contributed by atoms with Crippen LogP contribution in [0.15, 0.2) is 54.9 Å². The molecule has 2 aromatic carbocycles. The fraction of sp³-hybridized carbons (Fsp3) is 0.357. The third-order valence-corrected chi connectivity index (χ3v) is 8.53. The number of aromatic nitrogens is 2. The summed E-state index contributed by atoms with van der Waals surface area (Å²) in [4.78, 5) is 17.0. The van der Waals surface area contributed by atoms with Crippen LogP contribution in [0.1, 0.15) is 46.0 Å². The lowest BCUT2D eigenvalue weighted by atomic mass is 9.94. The van der Waals surface area contributed by atoms with Gasteiger partial charge in [0.15, 0.2) is 0 Å². The molecule has 2 aromatic heterocycles. The first kappa shape index (κ1) is 21.6. The van der Waals surface area contributed by atoms with Gasteiger partial charge in [-0.15, -0.1) is 11.3 Å². The molecule has 1 aliphatic carbocycles. The van der Waals surface area contributed by atoms with Crippen molar-refractivity contribution in [2.45, 2.75) is 38.6 Å². The highest BCUT2D eigenvalue weighted by molar-refractivity contribution is 7.19. The Bertz CT molecular complexity index is 1310. The van der Waals surface area contributed by atoms with Gasteiger partial charge in [-0.1, -0.05) is 48.0 Å².